The van der Waals surface area contributed by atoms with Crippen molar-refractivity contribution in [3.8, 4) is 0 Å². The maximum Gasteiger partial charge on any atom is 0.307 e. The minimum Gasteiger partial charge on any atom is -0.469 e. The molecular formula is C9H18N2O3. The molecule has 0 aromatic heterocycles. The van der Waals surface area contributed by atoms with E-state index >= 15 is 0 Å². The Labute approximate surface area is 84.1 Å². The van der Waals surface area contributed by atoms with Crippen LogP contribution in [-0.2, 0) is 14.3 Å². The smallest absolute Gasteiger partial charge is 0.307 e. The van der Waals surface area contributed by atoms with E-state index in [-0.39, 0.29) is 18.1 Å². The standard InChI is InChI=1S/C9H18N2O3/c1-11-5-7(10)8(6-11)14-4-3-9(12)13-2/h7-8H,3-6,10H2,1-2H3/t7-,8-/m0/s1. The van der Waals surface area contributed by atoms with Crippen LogP contribution >= 0.6 is 0 Å². The van der Waals surface area contributed by atoms with Gasteiger partial charge in [0.25, 0.3) is 0 Å². The molecule has 0 bridgehead atoms. The third-order valence-electron chi connectivity index (χ3n) is 2.36. The average molecular weight is 202 g/mol. The first kappa shape index (κ1) is 11.4. The first-order valence-corrected chi connectivity index (χ1v) is 4.76. The molecule has 1 saturated heterocycles. The maximum atomic E-state index is 10.8. The highest BCUT2D eigenvalue weighted by atomic mass is 16.5. The van der Waals surface area contributed by atoms with Crippen molar-refractivity contribution in [3.63, 3.8) is 0 Å². The predicted octanol–water partition coefficient (Wildman–Crippen LogP) is -0.793. The molecular weight excluding hydrogens is 184 g/mol. The molecule has 0 aromatic carbocycles. The summed E-state index contributed by atoms with van der Waals surface area (Å²) in [4.78, 5) is 12.9. The van der Waals surface area contributed by atoms with E-state index in [0.29, 0.717) is 13.0 Å². The number of rotatable bonds is 4. The molecule has 0 aromatic rings. The first-order valence-electron chi connectivity index (χ1n) is 4.76. The number of esters is 1. The number of hydrogen-bond donors (Lipinski definition) is 1. The zero-order valence-corrected chi connectivity index (χ0v) is 8.73. The van der Waals surface area contributed by atoms with E-state index in [0.717, 1.165) is 13.1 Å². The Hall–Kier alpha value is -0.650. The molecule has 0 radical (unpaired) electrons. The molecule has 1 aliphatic rings. The summed E-state index contributed by atoms with van der Waals surface area (Å²) in [6.45, 7) is 2.07. The lowest BCUT2D eigenvalue weighted by Gasteiger charge is -2.14. The molecule has 1 rings (SSSR count). The maximum absolute atomic E-state index is 10.8. The highest BCUT2D eigenvalue weighted by molar-refractivity contribution is 5.69. The van der Waals surface area contributed by atoms with Crippen LogP contribution in [0.15, 0.2) is 0 Å². The van der Waals surface area contributed by atoms with E-state index in [1.807, 2.05) is 7.05 Å². The molecule has 0 aliphatic carbocycles. The van der Waals surface area contributed by atoms with Crippen LogP contribution in [0.25, 0.3) is 0 Å². The predicted molar refractivity (Wildman–Crippen MR) is 51.8 cm³/mol. The second-order valence-corrected chi connectivity index (χ2v) is 3.62. The van der Waals surface area contributed by atoms with Crippen molar-refractivity contribution in [2.45, 2.75) is 18.6 Å². The lowest BCUT2D eigenvalue weighted by atomic mass is 10.2. The van der Waals surface area contributed by atoms with Gasteiger partial charge >= 0.3 is 5.97 Å². The Kier molecular flexibility index (Phi) is 4.31. The van der Waals surface area contributed by atoms with E-state index in [2.05, 4.69) is 9.64 Å². The summed E-state index contributed by atoms with van der Waals surface area (Å²) in [7, 11) is 3.38. The number of hydrogen-bond acceptors (Lipinski definition) is 5. The molecule has 0 saturated carbocycles. The fourth-order valence-electron chi connectivity index (χ4n) is 1.57. The Morgan fingerprint density at radius 1 is 1.57 bits per heavy atom. The summed E-state index contributed by atoms with van der Waals surface area (Å²) in [6, 6.07) is 0.0534. The summed E-state index contributed by atoms with van der Waals surface area (Å²) in [5, 5.41) is 0. The SMILES string of the molecule is COC(=O)CCO[C@H]1CN(C)C[C@@H]1N. The monoisotopic (exact) mass is 202 g/mol. The fraction of sp³-hybridized carbons (Fsp3) is 0.889. The van der Waals surface area contributed by atoms with Crippen molar-refractivity contribution in [2.24, 2.45) is 5.73 Å². The van der Waals surface area contributed by atoms with Gasteiger partial charge in [-0.05, 0) is 7.05 Å². The van der Waals surface area contributed by atoms with Crippen molar-refractivity contribution in [1.82, 2.24) is 4.90 Å². The van der Waals surface area contributed by atoms with E-state index in [4.69, 9.17) is 10.5 Å². The highest BCUT2D eigenvalue weighted by Gasteiger charge is 2.28. The van der Waals surface area contributed by atoms with Gasteiger partial charge in [-0.2, -0.15) is 0 Å². The van der Waals surface area contributed by atoms with Crippen molar-refractivity contribution in [3.05, 3.63) is 0 Å². The van der Waals surface area contributed by atoms with E-state index in [1.54, 1.807) is 0 Å². The molecule has 0 amide bonds. The van der Waals surface area contributed by atoms with Crippen molar-refractivity contribution in [2.75, 3.05) is 33.9 Å². The Bertz CT molecular complexity index is 198. The molecule has 1 fully saturated rings. The van der Waals surface area contributed by atoms with Gasteiger partial charge in [-0.1, -0.05) is 0 Å². The average Bonchev–Trinajstić information content (AvgIpc) is 2.45. The van der Waals surface area contributed by atoms with Crippen LogP contribution in [0.1, 0.15) is 6.42 Å². The topological polar surface area (TPSA) is 64.8 Å². The van der Waals surface area contributed by atoms with Crippen LogP contribution in [0.4, 0.5) is 0 Å². The molecule has 0 unspecified atom stereocenters. The van der Waals surface area contributed by atoms with Crippen LogP contribution < -0.4 is 5.73 Å². The zero-order chi connectivity index (χ0) is 10.6. The van der Waals surface area contributed by atoms with E-state index < -0.39 is 0 Å². The molecule has 0 spiro atoms. The molecule has 5 nitrogen and oxygen atoms in total. The van der Waals surface area contributed by atoms with E-state index in [1.165, 1.54) is 7.11 Å². The lowest BCUT2D eigenvalue weighted by molar-refractivity contribution is -0.142. The van der Waals surface area contributed by atoms with Gasteiger partial charge in [0.1, 0.15) is 0 Å². The summed E-state index contributed by atoms with van der Waals surface area (Å²) in [5.74, 6) is -0.245. The van der Waals surface area contributed by atoms with Gasteiger partial charge in [-0.25, -0.2) is 0 Å². The zero-order valence-electron chi connectivity index (χ0n) is 8.73. The number of likely N-dealkylation sites (tertiary alicyclic amines) is 1. The second kappa shape index (κ2) is 5.29. The summed E-state index contributed by atoms with van der Waals surface area (Å²) in [5.41, 5.74) is 5.84. The van der Waals surface area contributed by atoms with Crippen molar-refractivity contribution >= 4 is 5.97 Å². The van der Waals surface area contributed by atoms with Gasteiger partial charge in [0.05, 0.1) is 26.2 Å². The third-order valence-corrected chi connectivity index (χ3v) is 2.36. The Balaban J connectivity index is 2.15. The summed E-state index contributed by atoms with van der Waals surface area (Å²) >= 11 is 0. The minimum absolute atomic E-state index is 0.0460. The van der Waals surface area contributed by atoms with Gasteiger partial charge in [0.15, 0.2) is 0 Å². The number of ether oxygens (including phenoxy) is 2. The summed E-state index contributed by atoms with van der Waals surface area (Å²) < 4.78 is 9.99. The molecule has 82 valence electrons. The highest BCUT2D eigenvalue weighted by Crippen LogP contribution is 2.09. The van der Waals surface area contributed by atoms with Crippen LogP contribution in [0.2, 0.25) is 0 Å². The number of likely N-dealkylation sites (N-methyl/N-ethyl adjacent to an activating group) is 1. The number of carbonyl (C=O) groups excluding carboxylic acids is 1. The summed E-state index contributed by atoms with van der Waals surface area (Å²) in [6.07, 6.45) is 0.341. The van der Waals surface area contributed by atoms with Gasteiger partial charge in [0, 0.05) is 19.1 Å². The molecule has 5 heteroatoms. The van der Waals surface area contributed by atoms with Gasteiger partial charge in [-0.3, -0.25) is 4.79 Å². The van der Waals surface area contributed by atoms with Crippen LogP contribution in [0, 0.1) is 0 Å². The Morgan fingerprint density at radius 3 is 2.79 bits per heavy atom. The number of carbonyl (C=O) groups is 1. The number of methoxy groups -OCH3 is 1. The second-order valence-electron chi connectivity index (χ2n) is 3.62. The quantitative estimate of drug-likeness (QED) is 0.605. The lowest BCUT2D eigenvalue weighted by Crippen LogP contribution is -2.35. The van der Waals surface area contributed by atoms with Gasteiger partial charge < -0.3 is 20.1 Å². The largest absolute Gasteiger partial charge is 0.469 e. The molecule has 2 N–H and O–H groups in total. The molecule has 1 aliphatic heterocycles. The molecule has 1 heterocycles. The van der Waals surface area contributed by atoms with E-state index in [9.17, 15) is 4.79 Å². The van der Waals surface area contributed by atoms with Crippen molar-refractivity contribution < 1.29 is 14.3 Å². The van der Waals surface area contributed by atoms with Gasteiger partial charge in [0.2, 0.25) is 0 Å². The third kappa shape index (κ3) is 3.25. The molecule has 2 atom stereocenters. The minimum atomic E-state index is -0.245. The normalized spacial score (nSPS) is 27.9. The number of nitrogens with two attached hydrogens (primary N) is 1. The number of nitrogens with zero attached hydrogens (tertiary/aromatic N) is 1. The van der Waals surface area contributed by atoms with Crippen LogP contribution in [0.5, 0.6) is 0 Å². The van der Waals surface area contributed by atoms with Crippen molar-refractivity contribution in [1.29, 1.82) is 0 Å². The molecule has 14 heavy (non-hydrogen) atoms. The first-order chi connectivity index (χ1) is 6.63. The van der Waals surface area contributed by atoms with Crippen LogP contribution in [-0.4, -0.2) is 56.9 Å². The Morgan fingerprint density at radius 2 is 2.29 bits per heavy atom. The van der Waals surface area contributed by atoms with Crippen LogP contribution in [0.3, 0.4) is 0 Å². The van der Waals surface area contributed by atoms with Gasteiger partial charge in [-0.15, -0.1) is 0 Å². The fourth-order valence-corrected chi connectivity index (χ4v) is 1.57.